The predicted octanol–water partition coefficient (Wildman–Crippen LogP) is 1.21. The Bertz CT molecular complexity index is 240. The highest BCUT2D eigenvalue weighted by Crippen LogP contribution is 2.06. The average molecular weight is 248 g/mol. The highest BCUT2D eigenvalue weighted by Gasteiger charge is 2.10. The molecular weight excluding hydrogens is 224 g/mol. The van der Waals surface area contributed by atoms with Crippen LogP contribution in [0.25, 0.3) is 0 Å². The molecule has 0 aromatic carbocycles. The predicted molar refractivity (Wildman–Crippen MR) is 70.4 cm³/mol. The Kier molecular flexibility index (Phi) is 8.07. The number of hydrogen-bond acceptors (Lipinski definition) is 3. The lowest BCUT2D eigenvalue weighted by Crippen LogP contribution is -2.30. The van der Waals surface area contributed by atoms with Crippen LogP contribution in [-0.4, -0.2) is 24.1 Å². The van der Waals surface area contributed by atoms with Crippen LogP contribution in [0, 0.1) is 11.8 Å². The molecule has 0 fully saturated rings. The topological polar surface area (TPSA) is 72.2 Å². The highest BCUT2D eigenvalue weighted by molar-refractivity contribution is 7.80. The molecule has 4 nitrogen and oxygen atoms in total. The van der Waals surface area contributed by atoms with Gasteiger partial charge in [-0.05, 0) is 12.8 Å². The van der Waals surface area contributed by atoms with Crippen LogP contribution in [-0.2, 0) is 9.59 Å². The van der Waals surface area contributed by atoms with Gasteiger partial charge in [-0.1, -0.05) is 20.3 Å². The van der Waals surface area contributed by atoms with E-state index in [-0.39, 0.29) is 25.1 Å². The van der Waals surface area contributed by atoms with Gasteiger partial charge in [0, 0.05) is 25.6 Å². The maximum atomic E-state index is 11.3. The van der Waals surface area contributed by atoms with Crippen molar-refractivity contribution in [2.75, 3.05) is 12.3 Å². The molecule has 16 heavy (non-hydrogen) atoms. The summed E-state index contributed by atoms with van der Waals surface area (Å²) in [5, 5.41) is 2.83. The van der Waals surface area contributed by atoms with Crippen LogP contribution >= 0.6 is 12.6 Å². The minimum absolute atomic E-state index is 0. The fourth-order valence-electron chi connectivity index (χ4n) is 1.19. The summed E-state index contributed by atoms with van der Waals surface area (Å²) in [5.74, 6) is 0.218. The second-order valence-electron chi connectivity index (χ2n) is 4.17. The van der Waals surface area contributed by atoms with E-state index in [0.29, 0.717) is 12.3 Å². The Morgan fingerprint density at radius 1 is 1.31 bits per heavy atom. The summed E-state index contributed by atoms with van der Waals surface area (Å²) in [6.07, 6.45) is 2.57. The van der Waals surface area contributed by atoms with Crippen LogP contribution in [0.15, 0.2) is 0 Å². The van der Waals surface area contributed by atoms with Gasteiger partial charge in [0.2, 0.25) is 11.8 Å². The molecule has 0 aliphatic rings. The molecule has 0 aromatic rings. The lowest BCUT2D eigenvalue weighted by Gasteiger charge is -2.10. The van der Waals surface area contributed by atoms with Crippen molar-refractivity contribution < 1.29 is 11.0 Å². The SMILES string of the molecule is CC(CS)C(=O)NCCCC[C@H](C)C(N)=O.[HH]. The van der Waals surface area contributed by atoms with E-state index >= 15 is 0 Å². The Morgan fingerprint density at radius 3 is 2.44 bits per heavy atom. The molecule has 0 aromatic heterocycles. The van der Waals surface area contributed by atoms with Crippen LogP contribution in [0.3, 0.4) is 0 Å². The van der Waals surface area contributed by atoms with E-state index in [1.165, 1.54) is 0 Å². The summed E-state index contributed by atoms with van der Waals surface area (Å²) >= 11 is 4.06. The zero-order valence-electron chi connectivity index (χ0n) is 10.0. The molecular formula is C11H24N2O2S. The van der Waals surface area contributed by atoms with Gasteiger partial charge in [-0.15, -0.1) is 0 Å². The minimum atomic E-state index is -0.257. The molecule has 96 valence electrons. The number of rotatable bonds is 8. The van der Waals surface area contributed by atoms with Gasteiger partial charge >= 0.3 is 0 Å². The standard InChI is InChI=1S/C11H22N2O2S.H2/c1-8(10(12)14)5-3-4-6-13-11(15)9(2)7-16;/h8-9,16H,3-7H2,1-2H3,(H2,12,14)(H,13,15);1H/t8-,9?;/m0./s1. The van der Waals surface area contributed by atoms with Crippen molar-refractivity contribution in [3.05, 3.63) is 0 Å². The van der Waals surface area contributed by atoms with Crippen LogP contribution in [0.2, 0.25) is 0 Å². The molecule has 0 heterocycles. The van der Waals surface area contributed by atoms with Crippen LogP contribution < -0.4 is 11.1 Å². The maximum absolute atomic E-state index is 11.3. The fraction of sp³-hybridized carbons (Fsp3) is 0.818. The summed E-state index contributed by atoms with van der Waals surface area (Å²) in [7, 11) is 0. The quantitative estimate of drug-likeness (QED) is 0.446. The third-order valence-electron chi connectivity index (χ3n) is 2.57. The summed E-state index contributed by atoms with van der Waals surface area (Å²) < 4.78 is 0. The smallest absolute Gasteiger partial charge is 0.223 e. The van der Waals surface area contributed by atoms with Gasteiger partial charge in [0.1, 0.15) is 0 Å². The van der Waals surface area contributed by atoms with Crippen molar-refractivity contribution in [3.8, 4) is 0 Å². The summed E-state index contributed by atoms with van der Waals surface area (Å²) in [4.78, 5) is 22.1. The molecule has 0 saturated heterocycles. The molecule has 2 amide bonds. The van der Waals surface area contributed by atoms with Gasteiger partial charge in [-0.3, -0.25) is 9.59 Å². The van der Waals surface area contributed by atoms with E-state index < -0.39 is 0 Å². The van der Waals surface area contributed by atoms with Gasteiger partial charge in [0.15, 0.2) is 0 Å². The third-order valence-corrected chi connectivity index (χ3v) is 3.12. The lowest BCUT2D eigenvalue weighted by atomic mass is 10.0. The first kappa shape index (κ1) is 15.3. The Hall–Kier alpha value is -0.710. The van der Waals surface area contributed by atoms with E-state index in [1.807, 2.05) is 13.8 Å². The number of amides is 2. The normalized spacial score (nSPS) is 14.2. The molecule has 0 bridgehead atoms. The second-order valence-corrected chi connectivity index (χ2v) is 4.54. The van der Waals surface area contributed by atoms with Crippen molar-refractivity contribution in [1.29, 1.82) is 0 Å². The van der Waals surface area contributed by atoms with E-state index in [1.54, 1.807) is 0 Å². The Labute approximate surface area is 104 Å². The Balaban J connectivity index is 0. The van der Waals surface area contributed by atoms with Crippen molar-refractivity contribution in [1.82, 2.24) is 5.32 Å². The first-order chi connectivity index (χ1) is 7.49. The van der Waals surface area contributed by atoms with Crippen molar-refractivity contribution in [3.63, 3.8) is 0 Å². The van der Waals surface area contributed by atoms with Crippen molar-refractivity contribution >= 4 is 24.4 Å². The van der Waals surface area contributed by atoms with Gasteiger partial charge in [-0.25, -0.2) is 0 Å². The minimum Gasteiger partial charge on any atom is -0.369 e. The first-order valence-corrected chi connectivity index (χ1v) is 6.30. The maximum Gasteiger partial charge on any atom is 0.223 e. The van der Waals surface area contributed by atoms with Gasteiger partial charge in [-0.2, -0.15) is 12.6 Å². The number of carbonyl (C=O) groups is 2. The molecule has 0 aliphatic heterocycles. The number of primary amides is 1. The van der Waals surface area contributed by atoms with Crippen LogP contribution in [0.5, 0.6) is 0 Å². The summed E-state index contributed by atoms with van der Waals surface area (Å²) in [5.41, 5.74) is 5.14. The summed E-state index contributed by atoms with van der Waals surface area (Å²) in [6, 6.07) is 0. The number of unbranched alkanes of at least 4 members (excludes halogenated alkanes) is 1. The molecule has 0 rings (SSSR count). The van der Waals surface area contributed by atoms with Crippen LogP contribution in [0.1, 0.15) is 34.5 Å². The number of nitrogens with two attached hydrogens (primary N) is 1. The molecule has 1 unspecified atom stereocenters. The zero-order chi connectivity index (χ0) is 12.6. The third kappa shape index (κ3) is 6.71. The average Bonchev–Trinajstić information content (AvgIpc) is 2.26. The zero-order valence-corrected chi connectivity index (χ0v) is 10.9. The molecule has 3 N–H and O–H groups in total. The van der Waals surface area contributed by atoms with Gasteiger partial charge < -0.3 is 11.1 Å². The molecule has 0 radical (unpaired) electrons. The van der Waals surface area contributed by atoms with Crippen LogP contribution in [0.4, 0.5) is 0 Å². The van der Waals surface area contributed by atoms with Crippen molar-refractivity contribution in [2.24, 2.45) is 17.6 Å². The number of carbonyl (C=O) groups excluding carboxylic acids is 2. The Morgan fingerprint density at radius 2 is 1.94 bits per heavy atom. The highest BCUT2D eigenvalue weighted by atomic mass is 32.1. The molecule has 2 atom stereocenters. The molecule has 5 heteroatoms. The van der Waals surface area contributed by atoms with Crippen molar-refractivity contribution in [2.45, 2.75) is 33.1 Å². The van der Waals surface area contributed by atoms with E-state index in [2.05, 4.69) is 17.9 Å². The fourth-order valence-corrected chi connectivity index (χ4v) is 1.35. The largest absolute Gasteiger partial charge is 0.369 e. The van der Waals surface area contributed by atoms with E-state index in [9.17, 15) is 9.59 Å². The summed E-state index contributed by atoms with van der Waals surface area (Å²) in [6.45, 7) is 4.32. The monoisotopic (exact) mass is 248 g/mol. The van der Waals surface area contributed by atoms with Gasteiger partial charge in [0.05, 0.1) is 0 Å². The number of nitrogens with one attached hydrogen (secondary N) is 1. The number of thiol groups is 1. The first-order valence-electron chi connectivity index (χ1n) is 5.67. The molecule has 0 spiro atoms. The lowest BCUT2D eigenvalue weighted by molar-refractivity contribution is -0.124. The molecule has 0 aliphatic carbocycles. The molecule has 0 saturated carbocycles. The van der Waals surface area contributed by atoms with E-state index in [0.717, 1.165) is 19.3 Å². The number of hydrogen-bond donors (Lipinski definition) is 3. The van der Waals surface area contributed by atoms with E-state index in [4.69, 9.17) is 5.73 Å². The van der Waals surface area contributed by atoms with Gasteiger partial charge in [0.25, 0.3) is 0 Å². The second kappa shape index (κ2) is 8.44.